The van der Waals surface area contributed by atoms with Crippen molar-refractivity contribution in [2.24, 2.45) is 17.6 Å². The zero-order valence-electron chi connectivity index (χ0n) is 20.2. The molecule has 0 radical (unpaired) electrons. The number of nitrogens with two attached hydrogens (primary N) is 1. The molecular formula is C24H37N3O6. The first-order valence-corrected chi connectivity index (χ1v) is 10.9. The van der Waals surface area contributed by atoms with E-state index in [4.69, 9.17) is 15.2 Å². The van der Waals surface area contributed by atoms with Crippen molar-refractivity contribution in [3.63, 3.8) is 0 Å². The molecule has 1 aromatic carbocycles. The summed E-state index contributed by atoms with van der Waals surface area (Å²) in [7, 11) is 4.72. The first-order valence-electron chi connectivity index (χ1n) is 10.9. The lowest BCUT2D eigenvalue weighted by Crippen LogP contribution is -2.50. The number of allylic oxidation sites excluding steroid dienone is 1. The molecule has 1 rings (SSSR count). The van der Waals surface area contributed by atoms with Gasteiger partial charge in [-0.3, -0.25) is 9.59 Å². The predicted octanol–water partition coefficient (Wildman–Crippen LogP) is 2.19. The highest BCUT2D eigenvalue weighted by atomic mass is 16.5. The van der Waals surface area contributed by atoms with Gasteiger partial charge in [-0.25, -0.2) is 4.79 Å². The molecular weight excluding hydrogens is 426 g/mol. The van der Waals surface area contributed by atoms with Crippen LogP contribution in [0.3, 0.4) is 0 Å². The summed E-state index contributed by atoms with van der Waals surface area (Å²) in [5.41, 5.74) is 6.65. The van der Waals surface area contributed by atoms with Crippen LogP contribution in [0.1, 0.15) is 38.7 Å². The van der Waals surface area contributed by atoms with E-state index in [2.05, 4.69) is 11.9 Å². The molecule has 0 aliphatic heterocycles. The third-order valence-electron chi connectivity index (χ3n) is 5.28. The second kappa shape index (κ2) is 13.5. The van der Waals surface area contributed by atoms with E-state index in [0.717, 1.165) is 5.56 Å². The molecule has 184 valence electrons. The van der Waals surface area contributed by atoms with E-state index in [-0.39, 0.29) is 31.2 Å². The molecule has 0 saturated heterocycles. The molecule has 0 aromatic heterocycles. The van der Waals surface area contributed by atoms with Crippen LogP contribution >= 0.6 is 0 Å². The summed E-state index contributed by atoms with van der Waals surface area (Å²) in [5.74, 6) is -1.32. The van der Waals surface area contributed by atoms with E-state index in [9.17, 15) is 19.5 Å². The maximum atomic E-state index is 13.2. The quantitative estimate of drug-likeness (QED) is 0.360. The molecule has 0 saturated carbocycles. The van der Waals surface area contributed by atoms with Gasteiger partial charge in [-0.15, -0.1) is 6.58 Å². The van der Waals surface area contributed by atoms with Gasteiger partial charge in [0.2, 0.25) is 11.8 Å². The number of carbonyl (C=O) groups is 3. The largest absolute Gasteiger partial charge is 0.497 e. The van der Waals surface area contributed by atoms with Gasteiger partial charge in [0.25, 0.3) is 0 Å². The zero-order chi connectivity index (χ0) is 25.1. The van der Waals surface area contributed by atoms with Gasteiger partial charge in [-0.1, -0.05) is 19.9 Å². The number of aliphatic carboxylic acids is 1. The Balaban J connectivity index is 2.96. The van der Waals surface area contributed by atoms with E-state index in [0.29, 0.717) is 17.9 Å². The number of nitrogens with zero attached hydrogens (tertiary/aromatic N) is 1. The van der Waals surface area contributed by atoms with Gasteiger partial charge in [0.05, 0.1) is 20.3 Å². The number of carbonyl (C=O) groups excluding carboxylic acids is 2. The van der Waals surface area contributed by atoms with Crippen LogP contribution in [-0.2, 0) is 20.9 Å². The maximum absolute atomic E-state index is 13.2. The van der Waals surface area contributed by atoms with Crippen molar-refractivity contribution < 1.29 is 29.0 Å². The fraction of sp³-hybridized carbons (Fsp3) is 0.542. The van der Waals surface area contributed by atoms with E-state index >= 15 is 0 Å². The molecule has 0 spiro atoms. The Bertz CT molecular complexity index is 826. The number of methoxy groups -OCH3 is 2. The van der Waals surface area contributed by atoms with Gasteiger partial charge in [-0.05, 0) is 37.3 Å². The number of rotatable bonds is 14. The Morgan fingerprint density at radius 1 is 1.21 bits per heavy atom. The molecule has 0 fully saturated rings. The molecule has 0 aliphatic carbocycles. The van der Waals surface area contributed by atoms with Crippen LogP contribution < -0.4 is 20.5 Å². The van der Waals surface area contributed by atoms with E-state index in [1.165, 1.54) is 12.0 Å². The third kappa shape index (κ3) is 8.76. The van der Waals surface area contributed by atoms with E-state index in [1.807, 2.05) is 13.8 Å². The highest BCUT2D eigenvalue weighted by Crippen LogP contribution is 2.26. The predicted molar refractivity (Wildman–Crippen MR) is 126 cm³/mol. The summed E-state index contributed by atoms with van der Waals surface area (Å²) in [6, 6.07) is 3.25. The summed E-state index contributed by atoms with van der Waals surface area (Å²) < 4.78 is 10.6. The second-order valence-corrected chi connectivity index (χ2v) is 8.46. The maximum Gasteiger partial charge on any atom is 0.326 e. The van der Waals surface area contributed by atoms with Crippen LogP contribution in [0.5, 0.6) is 11.5 Å². The summed E-state index contributed by atoms with van der Waals surface area (Å²) in [4.78, 5) is 38.8. The van der Waals surface area contributed by atoms with E-state index in [1.54, 1.807) is 38.4 Å². The first kappa shape index (κ1) is 28.0. The molecule has 9 nitrogen and oxygen atoms in total. The van der Waals surface area contributed by atoms with E-state index < -0.39 is 29.9 Å². The smallest absolute Gasteiger partial charge is 0.326 e. The number of ether oxygens (including phenoxy) is 2. The standard InChI is InChI=1S/C24H37N3O6/c1-7-8-16(12-20(24(30)31)26-22(28)19(25)11-15(2)3)23(29)27(4)14-17-9-10-18(32-5)13-21(17)33-6/h7,9-10,13,15-16,19-20H,1,8,11-12,14,25H2,2-6H3,(H,26,28)(H,30,31). The SMILES string of the molecule is C=CCC(CC(NC(=O)C(N)CC(C)C)C(=O)O)C(=O)N(C)Cc1ccc(OC)cc1OC. The Kier molecular flexibility index (Phi) is 11.4. The van der Waals surface area contributed by atoms with Crippen LogP contribution in [0.25, 0.3) is 0 Å². The number of hydrogen-bond donors (Lipinski definition) is 3. The van der Waals surface area contributed by atoms with Crippen molar-refractivity contribution in [2.45, 2.75) is 51.7 Å². The zero-order valence-corrected chi connectivity index (χ0v) is 20.2. The summed E-state index contributed by atoms with van der Waals surface area (Å²) in [6.45, 7) is 7.79. The normalized spacial score (nSPS) is 13.5. The molecule has 4 N–H and O–H groups in total. The second-order valence-electron chi connectivity index (χ2n) is 8.46. The van der Waals surface area contributed by atoms with Gasteiger partial charge in [0.1, 0.15) is 17.5 Å². The van der Waals surface area contributed by atoms with Gasteiger partial charge in [-0.2, -0.15) is 0 Å². The minimum absolute atomic E-state index is 0.0790. The highest BCUT2D eigenvalue weighted by molar-refractivity contribution is 5.87. The fourth-order valence-electron chi connectivity index (χ4n) is 3.53. The van der Waals surface area contributed by atoms with Crippen molar-refractivity contribution in [3.05, 3.63) is 36.4 Å². The molecule has 2 amide bonds. The van der Waals surface area contributed by atoms with Crippen LogP contribution in [0, 0.1) is 11.8 Å². The molecule has 0 aliphatic rings. The summed E-state index contributed by atoms with van der Waals surface area (Å²) in [6.07, 6.45) is 2.18. The number of carboxylic acids is 1. The average Bonchev–Trinajstić information content (AvgIpc) is 2.76. The fourth-order valence-corrected chi connectivity index (χ4v) is 3.53. The molecule has 3 unspecified atom stereocenters. The molecule has 0 bridgehead atoms. The molecule has 9 heteroatoms. The number of nitrogens with one attached hydrogen (secondary N) is 1. The van der Waals surface area contributed by atoms with Crippen LogP contribution in [-0.4, -0.2) is 61.1 Å². The lowest BCUT2D eigenvalue weighted by Gasteiger charge is -2.27. The highest BCUT2D eigenvalue weighted by Gasteiger charge is 2.31. The van der Waals surface area contributed by atoms with Gasteiger partial charge < -0.3 is 30.5 Å². The van der Waals surface area contributed by atoms with Gasteiger partial charge in [0.15, 0.2) is 0 Å². The molecule has 3 atom stereocenters. The molecule has 1 aromatic rings. The third-order valence-corrected chi connectivity index (χ3v) is 5.28. The van der Waals surface area contributed by atoms with Crippen LogP contribution in [0.15, 0.2) is 30.9 Å². The lowest BCUT2D eigenvalue weighted by atomic mass is 9.94. The Morgan fingerprint density at radius 3 is 2.39 bits per heavy atom. The first-order chi connectivity index (χ1) is 15.5. The minimum atomic E-state index is -1.24. The van der Waals surface area contributed by atoms with Crippen molar-refractivity contribution in [1.82, 2.24) is 10.2 Å². The molecule has 33 heavy (non-hydrogen) atoms. The average molecular weight is 464 g/mol. The summed E-state index contributed by atoms with van der Waals surface area (Å²) in [5, 5.41) is 12.1. The van der Waals surface area contributed by atoms with Crippen molar-refractivity contribution in [1.29, 1.82) is 0 Å². The number of carboxylic acid groups (broad SMARTS) is 1. The van der Waals surface area contributed by atoms with Crippen molar-refractivity contribution in [2.75, 3.05) is 21.3 Å². The summed E-state index contributed by atoms with van der Waals surface area (Å²) >= 11 is 0. The number of amides is 2. The number of hydrogen-bond acceptors (Lipinski definition) is 6. The Hall–Kier alpha value is -3.07. The molecule has 0 heterocycles. The van der Waals surface area contributed by atoms with Crippen molar-refractivity contribution >= 4 is 17.8 Å². The number of benzene rings is 1. The monoisotopic (exact) mass is 463 g/mol. The van der Waals surface area contributed by atoms with Crippen molar-refractivity contribution in [3.8, 4) is 11.5 Å². The Morgan fingerprint density at radius 2 is 1.88 bits per heavy atom. The van der Waals surface area contributed by atoms with Crippen LogP contribution in [0.2, 0.25) is 0 Å². The van der Waals surface area contributed by atoms with Gasteiger partial charge >= 0.3 is 5.97 Å². The van der Waals surface area contributed by atoms with Gasteiger partial charge in [0, 0.05) is 31.1 Å². The minimum Gasteiger partial charge on any atom is -0.497 e. The van der Waals surface area contributed by atoms with Crippen LogP contribution in [0.4, 0.5) is 0 Å². The Labute approximate surface area is 195 Å². The lowest BCUT2D eigenvalue weighted by molar-refractivity contribution is -0.143. The topological polar surface area (TPSA) is 131 Å².